The molecule has 1 unspecified atom stereocenters. The highest BCUT2D eigenvalue weighted by molar-refractivity contribution is 5.84. The molecule has 1 aliphatic heterocycles. The molecular formula is C12H14N2O2. The maximum Gasteiger partial charge on any atom is 0.240 e. The van der Waals surface area contributed by atoms with Crippen molar-refractivity contribution in [2.24, 2.45) is 5.73 Å². The summed E-state index contributed by atoms with van der Waals surface area (Å²) in [6.45, 7) is 0.841. The third kappa shape index (κ3) is 1.91. The Balaban J connectivity index is 2.22. The Hall–Kier alpha value is -1.84. The lowest BCUT2D eigenvalue weighted by atomic mass is 10.1. The quantitative estimate of drug-likeness (QED) is 0.768. The highest BCUT2D eigenvalue weighted by Gasteiger charge is 2.28. The molecule has 0 spiro atoms. The number of amides is 1. The fourth-order valence-corrected chi connectivity index (χ4v) is 2.12. The van der Waals surface area contributed by atoms with Gasteiger partial charge in [-0.05, 0) is 37.1 Å². The SMILES string of the molecule is NC(=O)C1CCCN1c1ccc(C=O)cc1. The molecule has 0 aromatic heterocycles. The molecule has 1 heterocycles. The van der Waals surface area contributed by atoms with Gasteiger partial charge in [-0.15, -0.1) is 0 Å². The predicted molar refractivity (Wildman–Crippen MR) is 61.4 cm³/mol. The van der Waals surface area contributed by atoms with Gasteiger partial charge < -0.3 is 10.6 Å². The number of rotatable bonds is 3. The summed E-state index contributed by atoms with van der Waals surface area (Å²) >= 11 is 0. The fraction of sp³-hybridized carbons (Fsp3) is 0.333. The predicted octanol–water partition coefficient (Wildman–Crippen LogP) is 0.953. The van der Waals surface area contributed by atoms with E-state index in [1.807, 2.05) is 17.0 Å². The van der Waals surface area contributed by atoms with Gasteiger partial charge in [0.1, 0.15) is 12.3 Å². The normalized spacial score (nSPS) is 19.8. The van der Waals surface area contributed by atoms with Crippen LogP contribution in [0.25, 0.3) is 0 Å². The molecule has 1 saturated heterocycles. The number of benzene rings is 1. The van der Waals surface area contributed by atoms with E-state index >= 15 is 0 Å². The molecule has 0 saturated carbocycles. The van der Waals surface area contributed by atoms with Gasteiger partial charge in [-0.2, -0.15) is 0 Å². The monoisotopic (exact) mass is 218 g/mol. The number of nitrogens with two attached hydrogens (primary N) is 1. The van der Waals surface area contributed by atoms with Gasteiger partial charge >= 0.3 is 0 Å². The van der Waals surface area contributed by atoms with E-state index in [1.165, 1.54) is 0 Å². The molecule has 2 rings (SSSR count). The molecule has 1 aromatic carbocycles. The van der Waals surface area contributed by atoms with Crippen LogP contribution in [0.2, 0.25) is 0 Å². The molecule has 0 radical (unpaired) electrons. The van der Waals surface area contributed by atoms with Crippen molar-refractivity contribution in [1.29, 1.82) is 0 Å². The molecular weight excluding hydrogens is 204 g/mol. The Kier molecular flexibility index (Phi) is 2.90. The second-order valence-electron chi connectivity index (χ2n) is 3.96. The highest BCUT2D eigenvalue weighted by atomic mass is 16.1. The van der Waals surface area contributed by atoms with E-state index in [0.29, 0.717) is 5.56 Å². The van der Waals surface area contributed by atoms with Gasteiger partial charge in [0.2, 0.25) is 5.91 Å². The molecule has 0 aliphatic carbocycles. The van der Waals surface area contributed by atoms with Crippen molar-refractivity contribution in [2.75, 3.05) is 11.4 Å². The molecule has 1 fully saturated rings. The summed E-state index contributed by atoms with van der Waals surface area (Å²) in [5, 5.41) is 0. The summed E-state index contributed by atoms with van der Waals surface area (Å²) in [4.78, 5) is 23.8. The number of hydrogen-bond donors (Lipinski definition) is 1. The number of hydrogen-bond acceptors (Lipinski definition) is 3. The van der Waals surface area contributed by atoms with Crippen molar-refractivity contribution in [3.63, 3.8) is 0 Å². The first-order valence-corrected chi connectivity index (χ1v) is 5.33. The van der Waals surface area contributed by atoms with E-state index in [0.717, 1.165) is 31.4 Å². The van der Waals surface area contributed by atoms with E-state index in [2.05, 4.69) is 0 Å². The smallest absolute Gasteiger partial charge is 0.240 e. The first-order chi connectivity index (χ1) is 7.72. The summed E-state index contributed by atoms with van der Waals surface area (Å²) in [7, 11) is 0. The average Bonchev–Trinajstić information content (AvgIpc) is 2.78. The lowest BCUT2D eigenvalue weighted by molar-refractivity contribution is -0.119. The van der Waals surface area contributed by atoms with Crippen molar-refractivity contribution < 1.29 is 9.59 Å². The number of primary amides is 1. The summed E-state index contributed by atoms with van der Waals surface area (Å²) in [5.41, 5.74) is 6.93. The maximum absolute atomic E-state index is 11.2. The van der Waals surface area contributed by atoms with E-state index in [-0.39, 0.29) is 11.9 Å². The van der Waals surface area contributed by atoms with Crippen molar-refractivity contribution >= 4 is 17.9 Å². The van der Waals surface area contributed by atoms with Crippen LogP contribution in [0.1, 0.15) is 23.2 Å². The van der Waals surface area contributed by atoms with Crippen LogP contribution in [0, 0.1) is 0 Å². The van der Waals surface area contributed by atoms with Gasteiger partial charge in [0.05, 0.1) is 0 Å². The third-order valence-corrected chi connectivity index (χ3v) is 2.94. The van der Waals surface area contributed by atoms with Crippen LogP contribution in [0.5, 0.6) is 0 Å². The van der Waals surface area contributed by atoms with Crippen molar-refractivity contribution in [2.45, 2.75) is 18.9 Å². The van der Waals surface area contributed by atoms with Gasteiger partial charge in [0.25, 0.3) is 0 Å². The third-order valence-electron chi connectivity index (χ3n) is 2.94. The molecule has 84 valence electrons. The summed E-state index contributed by atoms with van der Waals surface area (Å²) in [6, 6.07) is 7.00. The Bertz CT molecular complexity index is 400. The van der Waals surface area contributed by atoms with Crippen LogP contribution in [0.15, 0.2) is 24.3 Å². The van der Waals surface area contributed by atoms with E-state index in [9.17, 15) is 9.59 Å². The number of carbonyl (C=O) groups excluding carboxylic acids is 2. The van der Waals surface area contributed by atoms with Gasteiger partial charge in [0, 0.05) is 17.8 Å². The van der Waals surface area contributed by atoms with Crippen LogP contribution >= 0.6 is 0 Å². The Morgan fingerprint density at radius 1 is 1.38 bits per heavy atom. The lowest BCUT2D eigenvalue weighted by Crippen LogP contribution is -2.40. The van der Waals surface area contributed by atoms with Crippen molar-refractivity contribution in [1.82, 2.24) is 0 Å². The van der Waals surface area contributed by atoms with Gasteiger partial charge in [-0.3, -0.25) is 9.59 Å². The summed E-state index contributed by atoms with van der Waals surface area (Å²) in [5.74, 6) is -0.281. The van der Waals surface area contributed by atoms with Gasteiger partial charge in [-0.25, -0.2) is 0 Å². The van der Waals surface area contributed by atoms with Crippen LogP contribution in [-0.2, 0) is 4.79 Å². The van der Waals surface area contributed by atoms with Crippen LogP contribution < -0.4 is 10.6 Å². The molecule has 4 nitrogen and oxygen atoms in total. The minimum atomic E-state index is -0.281. The fourth-order valence-electron chi connectivity index (χ4n) is 2.12. The van der Waals surface area contributed by atoms with Gasteiger partial charge in [0.15, 0.2) is 0 Å². The first kappa shape index (κ1) is 10.7. The lowest BCUT2D eigenvalue weighted by Gasteiger charge is -2.24. The molecule has 16 heavy (non-hydrogen) atoms. The minimum Gasteiger partial charge on any atom is -0.368 e. The van der Waals surface area contributed by atoms with E-state index in [4.69, 9.17) is 5.73 Å². The highest BCUT2D eigenvalue weighted by Crippen LogP contribution is 2.25. The number of nitrogens with zero attached hydrogens (tertiary/aromatic N) is 1. The Morgan fingerprint density at radius 3 is 2.62 bits per heavy atom. The Labute approximate surface area is 94.0 Å². The molecule has 1 aromatic rings. The summed E-state index contributed by atoms with van der Waals surface area (Å²) in [6.07, 6.45) is 2.59. The zero-order valence-corrected chi connectivity index (χ0v) is 8.93. The van der Waals surface area contributed by atoms with Crippen LogP contribution in [0.4, 0.5) is 5.69 Å². The maximum atomic E-state index is 11.2. The van der Waals surface area contributed by atoms with Crippen LogP contribution in [-0.4, -0.2) is 24.8 Å². The largest absolute Gasteiger partial charge is 0.368 e. The second kappa shape index (κ2) is 4.35. The van der Waals surface area contributed by atoms with E-state index in [1.54, 1.807) is 12.1 Å². The van der Waals surface area contributed by atoms with Gasteiger partial charge in [-0.1, -0.05) is 0 Å². The molecule has 1 atom stereocenters. The Morgan fingerprint density at radius 2 is 2.06 bits per heavy atom. The van der Waals surface area contributed by atoms with Crippen molar-refractivity contribution in [3.05, 3.63) is 29.8 Å². The zero-order chi connectivity index (χ0) is 11.5. The molecule has 1 aliphatic rings. The molecule has 1 amide bonds. The second-order valence-corrected chi connectivity index (χ2v) is 3.96. The topological polar surface area (TPSA) is 63.4 Å². The average molecular weight is 218 g/mol. The molecule has 0 bridgehead atoms. The number of carbonyl (C=O) groups is 2. The minimum absolute atomic E-state index is 0.206. The van der Waals surface area contributed by atoms with Crippen LogP contribution in [0.3, 0.4) is 0 Å². The number of aldehydes is 1. The first-order valence-electron chi connectivity index (χ1n) is 5.33. The van der Waals surface area contributed by atoms with E-state index < -0.39 is 0 Å². The number of anilines is 1. The standard InChI is InChI=1S/C12H14N2O2/c13-12(16)11-2-1-7-14(11)10-5-3-9(8-15)4-6-10/h3-6,8,11H,1-2,7H2,(H2,13,16). The zero-order valence-electron chi connectivity index (χ0n) is 8.93. The summed E-state index contributed by atoms with van der Waals surface area (Å²) < 4.78 is 0. The molecule has 2 N–H and O–H groups in total. The molecule has 4 heteroatoms. The van der Waals surface area contributed by atoms with Crippen molar-refractivity contribution in [3.8, 4) is 0 Å².